The molecule has 1 aromatic carbocycles. The van der Waals surface area contributed by atoms with E-state index in [-0.39, 0.29) is 0 Å². The summed E-state index contributed by atoms with van der Waals surface area (Å²) < 4.78 is 4.95. The maximum atomic E-state index is 4.95. The van der Waals surface area contributed by atoms with Crippen molar-refractivity contribution in [1.29, 1.82) is 0 Å². The van der Waals surface area contributed by atoms with Gasteiger partial charge in [0.1, 0.15) is 0 Å². The number of ether oxygens (including phenoxy) is 1. The van der Waals surface area contributed by atoms with Crippen molar-refractivity contribution in [2.24, 2.45) is 0 Å². The van der Waals surface area contributed by atoms with Crippen molar-refractivity contribution in [3.05, 3.63) is 35.9 Å². The molecule has 0 unspecified atom stereocenters. The second-order valence-electron chi connectivity index (χ2n) is 2.23. The third-order valence-corrected chi connectivity index (χ3v) is 1.44. The van der Waals surface area contributed by atoms with E-state index in [0.717, 1.165) is 13.0 Å². The molecule has 0 amide bonds. The average Bonchev–Trinajstić information content (AvgIpc) is 2.03. The summed E-state index contributed by atoms with van der Waals surface area (Å²) in [4.78, 5) is 0. The lowest BCUT2D eigenvalue weighted by Gasteiger charge is -1.97. The maximum Gasteiger partial charge on any atom is 0.0502 e. The second-order valence-corrected chi connectivity index (χ2v) is 2.23. The summed E-state index contributed by atoms with van der Waals surface area (Å²) in [6, 6.07) is 10.3. The van der Waals surface area contributed by atoms with Gasteiger partial charge >= 0.3 is 0 Å². The Kier molecular flexibility index (Phi) is 2.97. The molecule has 0 spiro atoms. The minimum atomic E-state index is 0.810. The molecule has 0 N–H and O–H groups in total. The van der Waals surface area contributed by atoms with Crippen LogP contribution in [0.1, 0.15) is 5.56 Å². The number of rotatable bonds is 3. The Morgan fingerprint density at radius 1 is 1.20 bits per heavy atom. The Balaban J connectivity index is 2.43. The van der Waals surface area contributed by atoms with Gasteiger partial charge in [-0.15, -0.1) is 0 Å². The summed E-state index contributed by atoms with van der Waals surface area (Å²) >= 11 is 0. The third-order valence-electron chi connectivity index (χ3n) is 1.44. The molecule has 0 saturated heterocycles. The monoisotopic (exact) mass is 136 g/mol. The molecular formula is C9H12O. The standard InChI is InChI=1S/C9H12O/c1-10-8-7-9-5-3-2-4-6-9/h2-6H,7-8H2,1H3. The van der Waals surface area contributed by atoms with Gasteiger partial charge in [-0.3, -0.25) is 0 Å². The van der Waals surface area contributed by atoms with Crippen LogP contribution in [0.3, 0.4) is 0 Å². The first-order chi connectivity index (χ1) is 4.93. The molecule has 0 saturated carbocycles. The van der Waals surface area contributed by atoms with Crippen LogP contribution >= 0.6 is 0 Å². The van der Waals surface area contributed by atoms with Crippen molar-refractivity contribution < 1.29 is 4.74 Å². The fourth-order valence-corrected chi connectivity index (χ4v) is 0.865. The van der Waals surface area contributed by atoms with Crippen LogP contribution in [-0.2, 0) is 11.2 Å². The van der Waals surface area contributed by atoms with Crippen LogP contribution in [0.15, 0.2) is 30.3 Å². The van der Waals surface area contributed by atoms with Gasteiger partial charge in [0.2, 0.25) is 0 Å². The van der Waals surface area contributed by atoms with E-state index in [0.29, 0.717) is 0 Å². The highest BCUT2D eigenvalue weighted by molar-refractivity contribution is 5.14. The normalized spacial score (nSPS) is 9.70. The molecule has 0 radical (unpaired) electrons. The summed E-state index contributed by atoms with van der Waals surface area (Å²) in [7, 11) is 1.73. The van der Waals surface area contributed by atoms with Crippen molar-refractivity contribution >= 4 is 0 Å². The molecule has 0 fully saturated rings. The van der Waals surface area contributed by atoms with E-state index >= 15 is 0 Å². The predicted molar refractivity (Wildman–Crippen MR) is 42.0 cm³/mol. The lowest BCUT2D eigenvalue weighted by molar-refractivity contribution is 0.202. The predicted octanol–water partition coefficient (Wildman–Crippen LogP) is 1.88. The van der Waals surface area contributed by atoms with Crippen LogP contribution in [0.4, 0.5) is 0 Å². The fraction of sp³-hybridized carbons (Fsp3) is 0.333. The van der Waals surface area contributed by atoms with E-state index < -0.39 is 0 Å². The van der Waals surface area contributed by atoms with E-state index in [1.54, 1.807) is 7.11 Å². The SMILES string of the molecule is COCCc1ccccc1. The summed E-state index contributed by atoms with van der Waals surface area (Å²) in [5.41, 5.74) is 1.34. The number of methoxy groups -OCH3 is 1. The van der Waals surface area contributed by atoms with Crippen molar-refractivity contribution in [2.75, 3.05) is 13.7 Å². The summed E-state index contributed by atoms with van der Waals surface area (Å²) in [5, 5.41) is 0. The summed E-state index contributed by atoms with van der Waals surface area (Å²) in [6.45, 7) is 0.810. The zero-order chi connectivity index (χ0) is 7.23. The molecule has 0 aromatic heterocycles. The first kappa shape index (κ1) is 7.29. The van der Waals surface area contributed by atoms with Gasteiger partial charge in [0.05, 0.1) is 6.61 Å². The second kappa shape index (κ2) is 4.07. The molecule has 0 aliphatic carbocycles. The van der Waals surface area contributed by atoms with Gasteiger partial charge in [-0.2, -0.15) is 0 Å². The highest BCUT2D eigenvalue weighted by Crippen LogP contribution is 1.98. The van der Waals surface area contributed by atoms with Crippen molar-refractivity contribution in [3.63, 3.8) is 0 Å². The molecule has 1 rings (SSSR count). The molecule has 1 aromatic rings. The van der Waals surface area contributed by atoms with Crippen molar-refractivity contribution in [1.82, 2.24) is 0 Å². The maximum absolute atomic E-state index is 4.95. The van der Waals surface area contributed by atoms with Gasteiger partial charge in [0, 0.05) is 7.11 Å². The van der Waals surface area contributed by atoms with Crippen LogP contribution in [-0.4, -0.2) is 13.7 Å². The zero-order valence-corrected chi connectivity index (χ0v) is 6.21. The summed E-state index contributed by atoms with van der Waals surface area (Å²) in [5.74, 6) is 0. The molecule has 0 bridgehead atoms. The minimum absolute atomic E-state index is 0.810. The minimum Gasteiger partial charge on any atom is -0.384 e. The molecule has 54 valence electrons. The molecule has 1 nitrogen and oxygen atoms in total. The van der Waals surface area contributed by atoms with Gasteiger partial charge < -0.3 is 4.74 Å². The van der Waals surface area contributed by atoms with Crippen LogP contribution in [0, 0.1) is 0 Å². The molecule has 10 heavy (non-hydrogen) atoms. The quantitative estimate of drug-likeness (QED) is 0.616. The van der Waals surface area contributed by atoms with Crippen LogP contribution in [0.25, 0.3) is 0 Å². The van der Waals surface area contributed by atoms with Gasteiger partial charge in [-0.25, -0.2) is 0 Å². The van der Waals surface area contributed by atoms with Crippen molar-refractivity contribution in [3.8, 4) is 0 Å². The molecular weight excluding hydrogens is 124 g/mol. The smallest absolute Gasteiger partial charge is 0.0502 e. The molecule has 0 heterocycles. The fourth-order valence-electron chi connectivity index (χ4n) is 0.865. The first-order valence-electron chi connectivity index (χ1n) is 3.46. The highest BCUT2D eigenvalue weighted by Gasteiger charge is 1.87. The van der Waals surface area contributed by atoms with E-state index in [1.165, 1.54) is 5.56 Å². The lowest BCUT2D eigenvalue weighted by atomic mass is 10.2. The first-order valence-corrected chi connectivity index (χ1v) is 3.46. The molecule has 0 aliphatic rings. The van der Waals surface area contributed by atoms with Crippen molar-refractivity contribution in [2.45, 2.75) is 6.42 Å². The Labute approximate surface area is 61.6 Å². The van der Waals surface area contributed by atoms with Gasteiger partial charge in [0.15, 0.2) is 0 Å². The van der Waals surface area contributed by atoms with Crippen LogP contribution in [0.2, 0.25) is 0 Å². The number of hydrogen-bond donors (Lipinski definition) is 0. The number of benzene rings is 1. The Morgan fingerprint density at radius 2 is 1.90 bits per heavy atom. The Bertz CT molecular complexity index is 169. The van der Waals surface area contributed by atoms with Gasteiger partial charge in [-0.05, 0) is 12.0 Å². The highest BCUT2D eigenvalue weighted by atomic mass is 16.5. The van der Waals surface area contributed by atoms with Gasteiger partial charge in [0.25, 0.3) is 0 Å². The largest absolute Gasteiger partial charge is 0.384 e. The third kappa shape index (κ3) is 2.19. The topological polar surface area (TPSA) is 9.23 Å². The Hall–Kier alpha value is -0.820. The zero-order valence-electron chi connectivity index (χ0n) is 6.21. The van der Waals surface area contributed by atoms with Crippen LogP contribution in [0.5, 0.6) is 0 Å². The van der Waals surface area contributed by atoms with Crippen LogP contribution < -0.4 is 0 Å². The van der Waals surface area contributed by atoms with E-state index in [2.05, 4.69) is 12.1 Å². The van der Waals surface area contributed by atoms with E-state index in [4.69, 9.17) is 4.74 Å². The van der Waals surface area contributed by atoms with Gasteiger partial charge in [-0.1, -0.05) is 30.3 Å². The lowest BCUT2D eigenvalue weighted by Crippen LogP contribution is -1.92. The van der Waals surface area contributed by atoms with E-state index in [9.17, 15) is 0 Å². The molecule has 1 heteroatoms. The number of hydrogen-bond acceptors (Lipinski definition) is 1. The molecule has 0 atom stereocenters. The van der Waals surface area contributed by atoms with E-state index in [1.807, 2.05) is 18.2 Å². The summed E-state index contributed by atoms with van der Waals surface area (Å²) in [6.07, 6.45) is 1.01. The molecule has 0 aliphatic heterocycles. The Morgan fingerprint density at radius 3 is 2.50 bits per heavy atom. The average molecular weight is 136 g/mol.